The highest BCUT2D eigenvalue weighted by molar-refractivity contribution is 5.69. The lowest BCUT2D eigenvalue weighted by atomic mass is 9.43. The fourth-order valence-electron chi connectivity index (χ4n) is 12.7. The van der Waals surface area contributed by atoms with Crippen LogP contribution in [0.3, 0.4) is 0 Å². The first-order chi connectivity index (χ1) is 31.4. The van der Waals surface area contributed by atoms with Crippen LogP contribution in [0, 0.1) is 46.3 Å². The average molecular weight is 1020 g/mol. The molecule has 3 aromatic heterocycles. The fourth-order valence-corrected chi connectivity index (χ4v) is 12.7. The molecule has 0 radical (unpaired) electrons. The van der Waals surface area contributed by atoms with E-state index in [9.17, 15) is 19.2 Å². The van der Waals surface area contributed by atoms with Gasteiger partial charge in [-0.15, -0.1) is 0 Å². The molecule has 4 aliphatic rings. The van der Waals surface area contributed by atoms with Gasteiger partial charge < -0.3 is 70.9 Å². The van der Waals surface area contributed by atoms with Gasteiger partial charge in [0.2, 0.25) is 19.6 Å². The molecule has 4 fully saturated rings. The number of aromatic nitrogens is 3. The number of rotatable bonds is 16. The van der Waals surface area contributed by atoms with Crippen molar-refractivity contribution in [3.8, 4) is 0 Å². The molecule has 4 saturated carbocycles. The van der Waals surface area contributed by atoms with E-state index in [1.165, 1.54) is 7.11 Å². The third-order valence-corrected chi connectivity index (χ3v) is 16.4. The van der Waals surface area contributed by atoms with Crippen LogP contribution in [0.15, 0.2) is 73.6 Å². The average Bonchev–Trinajstić information content (AvgIpc) is 3.64. The second-order valence-corrected chi connectivity index (χ2v) is 20.9. The minimum absolute atomic E-state index is 0. The minimum atomic E-state index is -0.439. The minimum Gasteiger partial charge on any atom is -1.00 e. The molecule has 69 heavy (non-hydrogen) atoms. The van der Waals surface area contributed by atoms with E-state index in [-0.39, 0.29) is 134 Å². The molecule has 11 atom stereocenters. The van der Waals surface area contributed by atoms with Gasteiger partial charge in [0.25, 0.3) is 0 Å². The Labute approximate surface area is 428 Å². The molecule has 7 rings (SSSR count). The Morgan fingerprint density at radius 1 is 0.623 bits per heavy atom. The van der Waals surface area contributed by atoms with Crippen LogP contribution in [0.1, 0.15) is 78.6 Å². The summed E-state index contributed by atoms with van der Waals surface area (Å²) in [7, 11) is 13.3. The predicted octanol–water partition coefficient (Wildman–Crippen LogP) is -3.64. The first-order valence-corrected chi connectivity index (χ1v) is 24.0. The molecule has 0 N–H and O–H groups in total. The van der Waals surface area contributed by atoms with Crippen molar-refractivity contribution >= 4 is 40.9 Å². The summed E-state index contributed by atoms with van der Waals surface area (Å²) >= 11 is 0. The van der Waals surface area contributed by atoms with E-state index < -0.39 is 11.5 Å². The van der Waals surface area contributed by atoms with Crippen LogP contribution < -0.4 is 65.6 Å². The summed E-state index contributed by atoms with van der Waals surface area (Å²) in [6, 6.07) is 11.9. The molecule has 0 unspecified atom stereocenters. The summed E-state index contributed by atoms with van der Waals surface area (Å²) in [5.74, 6) is -0.425. The molecule has 4 aliphatic carbocycles. The number of anilines is 3. The zero-order chi connectivity index (χ0) is 47.5. The van der Waals surface area contributed by atoms with Crippen molar-refractivity contribution in [3.63, 3.8) is 0 Å². The second-order valence-electron chi connectivity index (χ2n) is 20.9. The van der Waals surface area contributed by atoms with Crippen molar-refractivity contribution in [1.29, 1.82) is 0 Å². The van der Waals surface area contributed by atoms with Gasteiger partial charge in [-0.3, -0.25) is 4.79 Å². The van der Waals surface area contributed by atoms with Gasteiger partial charge in [-0.25, -0.2) is 14.4 Å². The number of esters is 4. The lowest BCUT2D eigenvalue weighted by Crippen LogP contribution is -3.00. The maximum atomic E-state index is 14.2. The Hall–Kier alpha value is -4.40. The number of methoxy groups -OCH3 is 1. The molecule has 17 heteroatoms. The molecule has 0 bridgehead atoms. The number of pyridine rings is 3. The van der Waals surface area contributed by atoms with Crippen LogP contribution in [0.25, 0.3) is 0 Å². The van der Waals surface area contributed by atoms with E-state index >= 15 is 0 Å². The lowest BCUT2D eigenvalue weighted by molar-refractivity contribution is -0.686. The second kappa shape index (κ2) is 24.1. The van der Waals surface area contributed by atoms with Crippen molar-refractivity contribution in [3.05, 3.63) is 73.6 Å². The molecule has 0 amide bonds. The number of hydrogen-bond acceptors (Lipinski definition) is 11. The third-order valence-electron chi connectivity index (χ3n) is 16.4. The monoisotopic (exact) mass is 1020 g/mol. The van der Waals surface area contributed by atoms with E-state index in [1.807, 2.05) is 144 Å². The highest BCUT2D eigenvalue weighted by atomic mass is 35.5. The molecular formula is C52H75Cl3N6O8. The Kier molecular flexibility index (Phi) is 20.0. The number of ether oxygens (including phenoxy) is 4. The van der Waals surface area contributed by atoms with Gasteiger partial charge in [0.05, 0.1) is 7.11 Å². The highest BCUT2D eigenvalue weighted by Crippen LogP contribution is 2.69. The number of carbonyl (C=O) groups excluding carboxylic acids is 4. The topological polar surface area (TPSA) is 127 Å². The van der Waals surface area contributed by atoms with Crippen LogP contribution in [-0.4, -0.2) is 91.6 Å². The normalized spacial score (nSPS) is 28.0. The quantitative estimate of drug-likeness (QED) is 0.0803. The Bertz CT molecular complexity index is 2180. The number of halogens is 3. The van der Waals surface area contributed by atoms with Gasteiger partial charge in [-0.05, 0) is 86.4 Å². The van der Waals surface area contributed by atoms with Gasteiger partial charge in [-0.1, -0.05) is 20.8 Å². The summed E-state index contributed by atoms with van der Waals surface area (Å²) in [6.45, 7) is 7.22. The van der Waals surface area contributed by atoms with Crippen LogP contribution in [0.5, 0.6) is 0 Å². The summed E-state index contributed by atoms with van der Waals surface area (Å²) in [5, 5.41) is 0. The Morgan fingerprint density at radius 3 is 1.55 bits per heavy atom. The van der Waals surface area contributed by atoms with Gasteiger partial charge >= 0.3 is 23.9 Å². The zero-order valence-corrected chi connectivity index (χ0v) is 44.5. The van der Waals surface area contributed by atoms with Crippen molar-refractivity contribution in [2.24, 2.45) is 46.3 Å². The van der Waals surface area contributed by atoms with Crippen molar-refractivity contribution < 1.29 is 89.0 Å². The molecule has 3 aromatic rings. The molecular weight excluding hydrogens is 943 g/mol. The largest absolute Gasteiger partial charge is 1.00 e. The predicted molar refractivity (Wildman–Crippen MR) is 249 cm³/mol. The van der Waals surface area contributed by atoms with E-state index in [0.29, 0.717) is 32.1 Å². The van der Waals surface area contributed by atoms with Crippen molar-refractivity contribution in [1.82, 2.24) is 0 Å². The van der Waals surface area contributed by atoms with Crippen LogP contribution in [-0.2, 0) is 57.8 Å². The van der Waals surface area contributed by atoms with Gasteiger partial charge in [-0.2, -0.15) is 13.7 Å². The fraction of sp³-hybridized carbons (Fsp3) is 0.635. The molecule has 0 aliphatic heterocycles. The molecule has 3 heterocycles. The van der Waals surface area contributed by atoms with Crippen LogP contribution >= 0.6 is 0 Å². The zero-order valence-electron chi connectivity index (χ0n) is 42.2. The maximum absolute atomic E-state index is 14.2. The van der Waals surface area contributed by atoms with Gasteiger partial charge in [0, 0.05) is 114 Å². The molecule has 14 nitrogen and oxygen atoms in total. The third kappa shape index (κ3) is 12.7. The smallest absolute Gasteiger partial charge is 0.372 e. The highest BCUT2D eigenvalue weighted by Gasteiger charge is 2.68. The van der Waals surface area contributed by atoms with Gasteiger partial charge in [0.15, 0.2) is 37.2 Å². The summed E-state index contributed by atoms with van der Waals surface area (Å²) in [4.78, 5) is 60.4. The SMILES string of the molecule is COC(=O)CC[C@@H](C)[C@H]1CC[C@H]2[C@@H]3[C@H](OC(=O)C[n+]4ccc(N(C)C)cc4)C[C@@H]4C[C@H](OC(=O)C[n+]5ccc(N(C)C)cc5)CC[C@]4(C)[C@H]3C[C@H](OC(=O)C[n+]3ccc(N(C)C)cc3)[C@]12C.[Cl-].[Cl-].[Cl-]. The van der Waals surface area contributed by atoms with E-state index in [2.05, 4.69) is 20.8 Å². The Morgan fingerprint density at radius 2 is 1.09 bits per heavy atom. The first-order valence-electron chi connectivity index (χ1n) is 24.0. The number of carbonyl (C=O) groups is 4. The molecule has 382 valence electrons. The summed E-state index contributed by atoms with van der Waals surface area (Å²) in [5.41, 5.74) is 2.51. The van der Waals surface area contributed by atoms with Crippen LogP contribution in [0.2, 0.25) is 0 Å². The van der Waals surface area contributed by atoms with E-state index in [0.717, 1.165) is 42.7 Å². The first kappa shape index (κ1) is 57.2. The Balaban J connectivity index is 0.00000346. The van der Waals surface area contributed by atoms with E-state index in [1.54, 1.807) is 0 Å². The van der Waals surface area contributed by atoms with Gasteiger partial charge in [0.1, 0.15) is 18.3 Å². The lowest BCUT2D eigenvalue weighted by Gasteiger charge is -2.64. The summed E-state index contributed by atoms with van der Waals surface area (Å²) in [6.07, 6.45) is 16.8. The molecule has 0 spiro atoms. The summed E-state index contributed by atoms with van der Waals surface area (Å²) < 4.78 is 30.5. The van der Waals surface area contributed by atoms with E-state index in [4.69, 9.17) is 18.9 Å². The number of fused-ring (bicyclic) bond motifs is 5. The number of hydrogen-bond donors (Lipinski definition) is 0. The molecule has 0 aromatic carbocycles. The maximum Gasteiger partial charge on any atom is 0.372 e. The molecule has 0 saturated heterocycles. The standard InChI is InChI=1S/C52H75N6O8.3ClH/c1-35(11-14-46(59)63-10)41-12-13-42-50-43(31-45(52(41,42)3)66-49(62)34-58-27-20-39(21-28-58)55(8)9)51(2)22-15-40(64-47(60)32-56-23-16-37(17-24-56)53(4)5)29-36(51)30-44(50)65-48(61)33-57-25-18-38(19-26-57)54(6)7;;;/h16-21,23-28,35-36,40-45,50H,11-15,22,29-34H2,1-10H3;3*1H/q+3;;;/p-3/t35-,36+,40-,41-,42+,43+,44-,45+,50+,51+,52-;;;/m1.../s1. The van der Waals surface area contributed by atoms with Crippen molar-refractivity contribution in [2.45, 2.75) is 117 Å². The van der Waals surface area contributed by atoms with Crippen LogP contribution in [0.4, 0.5) is 17.1 Å². The van der Waals surface area contributed by atoms with Crippen molar-refractivity contribution in [2.75, 3.05) is 64.1 Å². The number of nitrogens with zero attached hydrogens (tertiary/aromatic N) is 6.